The van der Waals surface area contributed by atoms with Crippen LogP contribution < -0.4 is 20.4 Å². The minimum absolute atomic E-state index is 0.0641. The van der Waals surface area contributed by atoms with Crippen LogP contribution in [0.5, 0.6) is 0 Å². The van der Waals surface area contributed by atoms with Gasteiger partial charge >= 0.3 is 12.1 Å². The average Bonchev–Trinajstić information content (AvgIpc) is 3.21. The Balaban J connectivity index is 0.982. The second-order valence-electron chi connectivity index (χ2n) is 16.8. The van der Waals surface area contributed by atoms with E-state index in [9.17, 15) is 9.59 Å². The Labute approximate surface area is 314 Å². The molecule has 5 aliphatic rings. The molecule has 8 nitrogen and oxygen atoms in total. The maximum absolute atomic E-state index is 14.1. The Morgan fingerprint density at radius 1 is 0.481 bits per heavy atom. The van der Waals surface area contributed by atoms with Gasteiger partial charge in [-0.15, -0.1) is 0 Å². The van der Waals surface area contributed by atoms with Crippen LogP contribution in [-0.2, 0) is 0 Å². The van der Waals surface area contributed by atoms with Crippen LogP contribution in [0.15, 0.2) is 48.5 Å². The summed E-state index contributed by atoms with van der Waals surface area (Å²) < 4.78 is 0. The van der Waals surface area contributed by atoms with Gasteiger partial charge in [-0.3, -0.25) is 0 Å². The molecule has 5 fully saturated rings. The third-order valence-electron chi connectivity index (χ3n) is 13.0. The number of benzene rings is 2. The molecule has 0 radical (unpaired) electrons. The zero-order valence-corrected chi connectivity index (χ0v) is 31.9. The Hall–Kier alpha value is -3.42. The van der Waals surface area contributed by atoms with Crippen molar-refractivity contribution in [3.8, 4) is 0 Å². The van der Waals surface area contributed by atoms with Crippen molar-refractivity contribution in [2.24, 2.45) is 11.8 Å². The Morgan fingerprint density at radius 3 is 1.23 bits per heavy atom. The van der Waals surface area contributed by atoms with Crippen molar-refractivity contribution in [3.63, 3.8) is 0 Å². The van der Waals surface area contributed by atoms with Crippen LogP contribution in [-0.4, -0.2) is 73.2 Å². The van der Waals surface area contributed by atoms with Crippen molar-refractivity contribution < 1.29 is 9.59 Å². The number of nitrogens with zero attached hydrogens (tertiary/aromatic N) is 4. The van der Waals surface area contributed by atoms with Crippen LogP contribution in [0.1, 0.15) is 128 Å². The number of amides is 4. The van der Waals surface area contributed by atoms with E-state index < -0.39 is 0 Å². The van der Waals surface area contributed by atoms with Gasteiger partial charge in [0, 0.05) is 74.1 Å². The molecule has 0 aromatic heterocycles. The molecule has 2 heterocycles. The molecule has 2 aromatic carbocycles. The molecule has 7 rings (SSSR count). The molecule has 2 aromatic rings. The van der Waals surface area contributed by atoms with Gasteiger partial charge < -0.3 is 30.2 Å². The Kier molecular flexibility index (Phi) is 13.2. The lowest BCUT2D eigenvalue weighted by molar-refractivity contribution is 0.111. The third-order valence-corrected chi connectivity index (χ3v) is 13.0. The molecule has 3 saturated carbocycles. The molecule has 2 aliphatic heterocycles. The summed E-state index contributed by atoms with van der Waals surface area (Å²) in [5.41, 5.74) is 4.31. The molecule has 2 N–H and O–H groups in total. The van der Waals surface area contributed by atoms with Crippen LogP contribution in [0.4, 0.5) is 32.3 Å². The van der Waals surface area contributed by atoms with Crippen molar-refractivity contribution in [1.29, 1.82) is 0 Å². The summed E-state index contributed by atoms with van der Waals surface area (Å²) in [6.45, 7) is 6.13. The lowest BCUT2D eigenvalue weighted by atomic mass is 9.80. The molecular formula is C44H66N6O2. The molecule has 3 aliphatic carbocycles. The quantitative estimate of drug-likeness (QED) is 0.258. The van der Waals surface area contributed by atoms with E-state index in [1.165, 1.54) is 94.8 Å². The molecule has 0 bridgehead atoms. The van der Waals surface area contributed by atoms with Crippen LogP contribution >= 0.6 is 0 Å². The second-order valence-corrected chi connectivity index (χ2v) is 16.8. The van der Waals surface area contributed by atoms with E-state index in [-0.39, 0.29) is 12.1 Å². The topological polar surface area (TPSA) is 71.2 Å². The minimum Gasteiger partial charge on any atom is -0.372 e. The highest BCUT2D eigenvalue weighted by atomic mass is 16.2. The molecule has 2 saturated heterocycles. The van der Waals surface area contributed by atoms with Gasteiger partial charge in [0.2, 0.25) is 0 Å². The fraction of sp³-hybridized carbons (Fsp3) is 0.682. The molecule has 4 amide bonds. The lowest BCUT2D eigenvalue weighted by Gasteiger charge is -2.41. The van der Waals surface area contributed by atoms with E-state index in [0.29, 0.717) is 23.9 Å². The summed E-state index contributed by atoms with van der Waals surface area (Å²) in [5.74, 6) is 0.929. The standard InChI is InChI=1S/C44H66N6O2/c51-43(45-37-20-24-39(25-21-37)47-28-9-3-10-29-47)49(41-16-5-1-6-17-41)33-35-14-13-15-36(32-35)34-50(42-18-7-2-8-19-42)44(52)46-38-22-26-40(27-23-38)48-30-11-4-12-31-48/h20-27,35-36,41-42H,1-19,28-34H2,(H,45,51)(H,46,52). The summed E-state index contributed by atoms with van der Waals surface area (Å²) in [6.07, 6.45) is 24.1. The van der Waals surface area contributed by atoms with E-state index >= 15 is 0 Å². The fourth-order valence-corrected chi connectivity index (χ4v) is 10.1. The van der Waals surface area contributed by atoms with Crippen LogP contribution in [0, 0.1) is 11.8 Å². The largest absolute Gasteiger partial charge is 0.372 e. The molecule has 8 heteroatoms. The van der Waals surface area contributed by atoms with E-state index in [4.69, 9.17) is 0 Å². The highest BCUT2D eigenvalue weighted by molar-refractivity contribution is 5.90. The highest BCUT2D eigenvalue weighted by Gasteiger charge is 2.34. The number of carbonyl (C=O) groups excluding carboxylic acids is 2. The third kappa shape index (κ3) is 9.96. The van der Waals surface area contributed by atoms with E-state index in [2.05, 4.69) is 78.8 Å². The first-order valence-electron chi connectivity index (χ1n) is 21.4. The zero-order valence-electron chi connectivity index (χ0n) is 31.9. The number of hydrogen-bond acceptors (Lipinski definition) is 4. The Bertz CT molecular complexity index is 1290. The van der Waals surface area contributed by atoms with Gasteiger partial charge in [-0.2, -0.15) is 0 Å². The number of piperidine rings is 2. The van der Waals surface area contributed by atoms with E-state index in [1.54, 1.807) is 0 Å². The van der Waals surface area contributed by atoms with Gasteiger partial charge in [-0.25, -0.2) is 9.59 Å². The van der Waals surface area contributed by atoms with Crippen molar-refractivity contribution in [2.75, 3.05) is 59.7 Å². The number of rotatable bonds is 10. The summed E-state index contributed by atoms with van der Waals surface area (Å²) >= 11 is 0. The summed E-state index contributed by atoms with van der Waals surface area (Å²) in [6, 6.07) is 17.8. The maximum atomic E-state index is 14.1. The monoisotopic (exact) mass is 711 g/mol. The van der Waals surface area contributed by atoms with Crippen LogP contribution in [0.25, 0.3) is 0 Å². The summed E-state index contributed by atoms with van der Waals surface area (Å²) in [4.78, 5) is 37.5. The van der Waals surface area contributed by atoms with E-state index in [0.717, 1.165) is 95.6 Å². The van der Waals surface area contributed by atoms with Gasteiger partial charge in [0.05, 0.1) is 0 Å². The average molecular weight is 711 g/mol. The SMILES string of the molecule is O=C(Nc1ccc(N2CCCCC2)cc1)N(CC1CCCC(CN(C(=O)Nc2ccc(N3CCCCC3)cc2)C2CCCCC2)C1)C1CCCCC1. The molecule has 2 unspecified atom stereocenters. The lowest BCUT2D eigenvalue weighted by Crippen LogP contribution is -2.48. The minimum atomic E-state index is 0.0641. The van der Waals surface area contributed by atoms with Gasteiger partial charge in [0.25, 0.3) is 0 Å². The molecule has 284 valence electrons. The van der Waals surface area contributed by atoms with Gasteiger partial charge in [-0.05, 0) is 144 Å². The van der Waals surface area contributed by atoms with Crippen LogP contribution in [0.2, 0.25) is 0 Å². The predicted molar refractivity (Wildman–Crippen MR) is 216 cm³/mol. The first-order chi connectivity index (χ1) is 25.6. The summed E-state index contributed by atoms with van der Waals surface area (Å²) in [5, 5.41) is 6.62. The van der Waals surface area contributed by atoms with Crippen LogP contribution in [0.3, 0.4) is 0 Å². The molecule has 0 spiro atoms. The Morgan fingerprint density at radius 2 is 0.846 bits per heavy atom. The van der Waals surface area contributed by atoms with Crippen molar-refractivity contribution in [2.45, 2.75) is 141 Å². The van der Waals surface area contributed by atoms with Gasteiger partial charge in [0.15, 0.2) is 0 Å². The molecule has 2 atom stereocenters. The fourth-order valence-electron chi connectivity index (χ4n) is 10.1. The molecular weight excluding hydrogens is 645 g/mol. The van der Waals surface area contributed by atoms with Crippen molar-refractivity contribution in [3.05, 3.63) is 48.5 Å². The van der Waals surface area contributed by atoms with Crippen molar-refractivity contribution in [1.82, 2.24) is 9.80 Å². The van der Waals surface area contributed by atoms with Gasteiger partial charge in [-0.1, -0.05) is 44.9 Å². The number of hydrogen-bond donors (Lipinski definition) is 2. The number of carbonyl (C=O) groups is 2. The van der Waals surface area contributed by atoms with Gasteiger partial charge in [0.1, 0.15) is 0 Å². The first-order valence-corrected chi connectivity index (χ1v) is 21.4. The maximum Gasteiger partial charge on any atom is 0.322 e. The smallest absolute Gasteiger partial charge is 0.322 e. The second kappa shape index (κ2) is 18.6. The number of nitrogens with one attached hydrogen (secondary N) is 2. The number of anilines is 4. The summed E-state index contributed by atoms with van der Waals surface area (Å²) in [7, 11) is 0. The van der Waals surface area contributed by atoms with E-state index in [1.807, 2.05) is 0 Å². The first kappa shape index (κ1) is 36.9. The molecule has 52 heavy (non-hydrogen) atoms. The predicted octanol–water partition coefficient (Wildman–Crippen LogP) is 10.5. The zero-order chi connectivity index (χ0) is 35.5. The normalized spacial score (nSPS) is 23.5. The van der Waals surface area contributed by atoms with Crippen molar-refractivity contribution >= 4 is 34.8 Å². The number of urea groups is 2. The highest BCUT2D eigenvalue weighted by Crippen LogP contribution is 2.35.